The molecule has 1 aliphatic heterocycles. The van der Waals surface area contributed by atoms with Crippen LogP contribution in [0.2, 0.25) is 0 Å². The molecule has 0 radical (unpaired) electrons. The summed E-state index contributed by atoms with van der Waals surface area (Å²) in [5.41, 5.74) is -0.352. The fourth-order valence-corrected chi connectivity index (χ4v) is 2.20. The first-order valence-electron chi connectivity index (χ1n) is 7.23. The highest BCUT2D eigenvalue weighted by molar-refractivity contribution is 5.97. The minimum atomic E-state index is -4.95. The smallest absolute Gasteiger partial charge is 0.460 e. The number of carbonyl (C=O) groups is 1. The Balaban J connectivity index is 2.60. The molecule has 23 heavy (non-hydrogen) atoms. The lowest BCUT2D eigenvalue weighted by Crippen LogP contribution is -2.57. The zero-order valence-corrected chi connectivity index (χ0v) is 12.8. The molecule has 1 aromatic carbocycles. The predicted octanol–water partition coefficient (Wildman–Crippen LogP) is 3.71. The Morgan fingerprint density at radius 3 is 2.57 bits per heavy atom. The van der Waals surface area contributed by atoms with Crippen molar-refractivity contribution < 1.29 is 32.2 Å². The number of carbonyl (C=O) groups excluding carboxylic acids is 1. The third-order valence-corrected chi connectivity index (χ3v) is 3.21. The molecule has 0 unspecified atom stereocenters. The first kappa shape index (κ1) is 17.3. The van der Waals surface area contributed by atoms with E-state index in [0.29, 0.717) is 12.0 Å². The van der Waals surface area contributed by atoms with Crippen LogP contribution in [0.3, 0.4) is 0 Å². The van der Waals surface area contributed by atoms with Crippen LogP contribution < -0.4 is 4.74 Å². The van der Waals surface area contributed by atoms with Gasteiger partial charge in [0.2, 0.25) is 0 Å². The van der Waals surface area contributed by atoms with Gasteiger partial charge in [0, 0.05) is 5.56 Å². The van der Waals surface area contributed by atoms with E-state index in [9.17, 15) is 18.0 Å². The minimum Gasteiger partial charge on any atom is -0.462 e. The molecule has 0 aromatic heterocycles. The van der Waals surface area contributed by atoms with Crippen molar-refractivity contribution in [1.29, 1.82) is 0 Å². The molecule has 0 N–H and O–H groups in total. The summed E-state index contributed by atoms with van der Waals surface area (Å²) in [5.74, 6) is -4.28. The average Bonchev–Trinajstić information content (AvgIpc) is 2.51. The molecule has 0 aliphatic carbocycles. The van der Waals surface area contributed by atoms with Gasteiger partial charge in [-0.15, -0.1) is 0 Å². The third-order valence-electron chi connectivity index (χ3n) is 3.21. The van der Waals surface area contributed by atoms with Gasteiger partial charge in [-0.2, -0.15) is 13.2 Å². The summed E-state index contributed by atoms with van der Waals surface area (Å²) < 4.78 is 56.2. The van der Waals surface area contributed by atoms with Crippen molar-refractivity contribution in [2.24, 2.45) is 0 Å². The van der Waals surface area contributed by atoms with Crippen LogP contribution in [0.1, 0.15) is 25.8 Å². The maximum Gasteiger partial charge on any atom is 0.460 e. The summed E-state index contributed by atoms with van der Waals surface area (Å²) in [4.78, 5) is 12.1. The summed E-state index contributed by atoms with van der Waals surface area (Å²) in [5, 5.41) is 0. The second-order valence-electron chi connectivity index (χ2n) is 4.88. The minimum absolute atomic E-state index is 0.00558. The Kier molecular flexibility index (Phi) is 4.99. The Labute approximate surface area is 131 Å². The van der Waals surface area contributed by atoms with Crippen molar-refractivity contribution in [3.63, 3.8) is 0 Å². The Hall–Kier alpha value is -2.02. The SMILES string of the molecule is CCCO[C@@]1(C(F)(F)F)Oc2ccccc2C=C1C(=O)OCC. The Morgan fingerprint density at radius 1 is 1.26 bits per heavy atom. The number of fused-ring (bicyclic) bond motifs is 1. The largest absolute Gasteiger partial charge is 0.462 e. The van der Waals surface area contributed by atoms with Gasteiger partial charge < -0.3 is 14.2 Å². The van der Waals surface area contributed by atoms with E-state index in [2.05, 4.69) is 0 Å². The van der Waals surface area contributed by atoms with Crippen LogP contribution in [0.15, 0.2) is 29.8 Å². The maximum absolute atomic E-state index is 13.8. The van der Waals surface area contributed by atoms with Crippen LogP contribution in [-0.2, 0) is 14.3 Å². The quantitative estimate of drug-likeness (QED) is 0.772. The number of halogens is 3. The first-order valence-corrected chi connectivity index (χ1v) is 7.23. The molecule has 1 heterocycles. The number of para-hydroxylation sites is 1. The van der Waals surface area contributed by atoms with Gasteiger partial charge in [-0.3, -0.25) is 0 Å². The standard InChI is InChI=1S/C16H17F3O4/c1-3-9-22-15(16(17,18)19)12(14(20)21-4-2)10-11-7-5-6-8-13(11)23-15/h5-8,10H,3-4,9H2,1-2H3/t15-/m1/s1. The van der Waals surface area contributed by atoms with Gasteiger partial charge in [-0.25, -0.2) is 4.79 Å². The van der Waals surface area contributed by atoms with Crippen LogP contribution in [0.5, 0.6) is 5.75 Å². The van der Waals surface area contributed by atoms with Gasteiger partial charge in [-0.05, 0) is 25.5 Å². The van der Waals surface area contributed by atoms with E-state index < -0.39 is 23.5 Å². The molecule has 1 aliphatic rings. The van der Waals surface area contributed by atoms with Gasteiger partial charge >= 0.3 is 17.9 Å². The van der Waals surface area contributed by atoms with Gasteiger partial charge in [0.25, 0.3) is 0 Å². The van der Waals surface area contributed by atoms with Crippen molar-refractivity contribution >= 4 is 12.0 Å². The van der Waals surface area contributed by atoms with Crippen LogP contribution in [0.25, 0.3) is 6.08 Å². The molecule has 0 saturated carbocycles. The number of ether oxygens (including phenoxy) is 3. The van der Waals surface area contributed by atoms with Crippen molar-refractivity contribution in [1.82, 2.24) is 0 Å². The molecule has 2 rings (SSSR count). The molecule has 1 aromatic rings. The second-order valence-corrected chi connectivity index (χ2v) is 4.88. The number of alkyl halides is 3. The number of hydrogen-bond donors (Lipinski definition) is 0. The normalized spacial score (nSPS) is 20.3. The van der Waals surface area contributed by atoms with E-state index in [1.807, 2.05) is 0 Å². The maximum atomic E-state index is 13.8. The van der Waals surface area contributed by atoms with E-state index in [1.54, 1.807) is 25.1 Å². The summed E-state index contributed by atoms with van der Waals surface area (Å²) >= 11 is 0. The predicted molar refractivity (Wildman–Crippen MR) is 76.7 cm³/mol. The van der Waals surface area contributed by atoms with Crippen LogP contribution in [-0.4, -0.2) is 31.1 Å². The first-order chi connectivity index (χ1) is 10.9. The average molecular weight is 330 g/mol. The summed E-state index contributed by atoms with van der Waals surface area (Å²) in [6.07, 6.45) is -3.51. The number of esters is 1. The number of hydrogen-bond acceptors (Lipinski definition) is 4. The highest BCUT2D eigenvalue weighted by Gasteiger charge is 2.65. The zero-order valence-electron chi connectivity index (χ0n) is 12.8. The molecule has 126 valence electrons. The van der Waals surface area contributed by atoms with Crippen LogP contribution >= 0.6 is 0 Å². The van der Waals surface area contributed by atoms with Gasteiger partial charge in [0.15, 0.2) is 0 Å². The molecule has 0 saturated heterocycles. The molecular formula is C16H17F3O4. The van der Waals surface area contributed by atoms with Crippen LogP contribution in [0, 0.1) is 0 Å². The molecule has 7 heteroatoms. The number of rotatable bonds is 5. The van der Waals surface area contributed by atoms with Gasteiger partial charge in [-0.1, -0.05) is 25.1 Å². The van der Waals surface area contributed by atoms with E-state index >= 15 is 0 Å². The Bertz CT molecular complexity index is 610. The molecule has 1 atom stereocenters. The molecule has 0 fully saturated rings. The van der Waals surface area contributed by atoms with E-state index in [-0.39, 0.29) is 19.0 Å². The van der Waals surface area contributed by atoms with Crippen molar-refractivity contribution in [2.45, 2.75) is 32.2 Å². The van der Waals surface area contributed by atoms with Crippen molar-refractivity contribution in [3.8, 4) is 5.75 Å². The highest BCUT2D eigenvalue weighted by atomic mass is 19.4. The topological polar surface area (TPSA) is 44.8 Å². The summed E-state index contributed by atoms with van der Waals surface area (Å²) in [6, 6.07) is 6.12. The lowest BCUT2D eigenvalue weighted by atomic mass is 9.97. The highest BCUT2D eigenvalue weighted by Crippen LogP contribution is 2.46. The fraction of sp³-hybridized carbons (Fsp3) is 0.438. The van der Waals surface area contributed by atoms with Crippen molar-refractivity contribution in [3.05, 3.63) is 35.4 Å². The van der Waals surface area contributed by atoms with E-state index in [1.165, 1.54) is 13.0 Å². The molecule has 4 nitrogen and oxygen atoms in total. The van der Waals surface area contributed by atoms with Gasteiger partial charge in [0.1, 0.15) is 11.3 Å². The van der Waals surface area contributed by atoms with E-state index in [0.717, 1.165) is 6.08 Å². The van der Waals surface area contributed by atoms with Gasteiger partial charge in [0.05, 0.1) is 13.2 Å². The fourth-order valence-electron chi connectivity index (χ4n) is 2.20. The monoisotopic (exact) mass is 330 g/mol. The lowest BCUT2D eigenvalue weighted by molar-refractivity contribution is -0.334. The summed E-state index contributed by atoms with van der Waals surface area (Å²) in [6.45, 7) is 2.89. The zero-order chi connectivity index (χ0) is 17.1. The Morgan fingerprint density at radius 2 is 1.96 bits per heavy atom. The summed E-state index contributed by atoms with van der Waals surface area (Å²) in [7, 11) is 0. The molecular weight excluding hydrogens is 313 g/mol. The molecule has 0 spiro atoms. The van der Waals surface area contributed by atoms with Crippen LogP contribution in [0.4, 0.5) is 13.2 Å². The third kappa shape index (κ3) is 3.19. The molecule has 0 amide bonds. The second kappa shape index (κ2) is 6.62. The lowest BCUT2D eigenvalue weighted by Gasteiger charge is -2.38. The van der Waals surface area contributed by atoms with E-state index in [4.69, 9.17) is 14.2 Å². The number of benzene rings is 1. The molecule has 0 bridgehead atoms. The van der Waals surface area contributed by atoms with Crippen molar-refractivity contribution in [2.75, 3.05) is 13.2 Å².